The van der Waals surface area contributed by atoms with Gasteiger partial charge in [-0.3, -0.25) is 9.78 Å². The second-order valence-electron chi connectivity index (χ2n) is 7.98. The predicted molar refractivity (Wildman–Crippen MR) is 112 cm³/mol. The minimum absolute atomic E-state index is 0.00668. The van der Waals surface area contributed by atoms with Crippen LogP contribution in [0.4, 0.5) is 9.18 Å². The smallest absolute Gasteiger partial charge is 0.408 e. The molecule has 0 saturated heterocycles. The maximum absolute atomic E-state index is 15.4. The van der Waals surface area contributed by atoms with Crippen molar-refractivity contribution in [2.75, 3.05) is 0 Å². The molecule has 3 rings (SSSR count). The number of nitrogens with zero attached hydrogens (tertiary/aromatic N) is 1. The highest BCUT2D eigenvalue weighted by atomic mass is 79.9. The summed E-state index contributed by atoms with van der Waals surface area (Å²) in [6, 6.07) is 5.51. The third kappa shape index (κ3) is 5.34. The van der Waals surface area contributed by atoms with Gasteiger partial charge >= 0.3 is 6.09 Å². The van der Waals surface area contributed by atoms with Crippen molar-refractivity contribution < 1.29 is 18.7 Å². The molecule has 2 aromatic rings. The van der Waals surface area contributed by atoms with E-state index in [0.29, 0.717) is 4.47 Å². The minimum atomic E-state index is -0.750. The van der Waals surface area contributed by atoms with E-state index in [4.69, 9.17) is 16.3 Å². The monoisotopic (exact) mass is 482 g/mol. The number of nitrogens with one attached hydrogen (secondary N) is 1. The molecule has 1 amide bonds. The molecule has 1 aliphatic carbocycles. The summed E-state index contributed by atoms with van der Waals surface area (Å²) in [5, 5.41) is 2.74. The Balaban J connectivity index is 1.94. The van der Waals surface area contributed by atoms with E-state index in [1.807, 2.05) is 0 Å². The largest absolute Gasteiger partial charge is 0.444 e. The molecule has 154 valence electrons. The number of alkyl carbamates (subject to hydrolysis) is 1. The van der Waals surface area contributed by atoms with Gasteiger partial charge in [0.05, 0.1) is 16.6 Å². The Hall–Kier alpha value is -1.99. The van der Waals surface area contributed by atoms with Crippen molar-refractivity contribution >= 4 is 39.4 Å². The van der Waals surface area contributed by atoms with Gasteiger partial charge in [-0.25, -0.2) is 9.18 Å². The first kappa shape index (κ1) is 21.7. The zero-order valence-corrected chi connectivity index (χ0v) is 18.6. The fourth-order valence-electron chi connectivity index (χ4n) is 2.97. The Morgan fingerprint density at radius 2 is 1.97 bits per heavy atom. The molecule has 1 saturated carbocycles. The lowest BCUT2D eigenvalue weighted by Gasteiger charge is -2.24. The van der Waals surface area contributed by atoms with Crippen LogP contribution in [0.25, 0.3) is 0 Å². The molecular weight excluding hydrogens is 463 g/mol. The van der Waals surface area contributed by atoms with Gasteiger partial charge < -0.3 is 10.1 Å². The van der Waals surface area contributed by atoms with Gasteiger partial charge in [-0.05, 0) is 73.7 Å². The van der Waals surface area contributed by atoms with Gasteiger partial charge in [-0.1, -0.05) is 17.7 Å². The van der Waals surface area contributed by atoms with Crippen LogP contribution in [0.5, 0.6) is 0 Å². The maximum atomic E-state index is 15.4. The number of ether oxygens (including phenoxy) is 1. The Kier molecular flexibility index (Phi) is 6.29. The van der Waals surface area contributed by atoms with Crippen molar-refractivity contribution in [2.45, 2.75) is 45.3 Å². The van der Waals surface area contributed by atoms with Crippen LogP contribution in [0.15, 0.2) is 34.9 Å². The molecule has 1 aromatic carbocycles. The summed E-state index contributed by atoms with van der Waals surface area (Å²) in [5.41, 5.74) is -0.640. The molecule has 0 unspecified atom stereocenters. The molecule has 0 radical (unpaired) electrons. The molecule has 0 spiro atoms. The van der Waals surface area contributed by atoms with Crippen molar-refractivity contribution in [3.63, 3.8) is 0 Å². The van der Waals surface area contributed by atoms with Gasteiger partial charge in [0.1, 0.15) is 17.1 Å². The zero-order chi connectivity index (χ0) is 21.3. The third-order valence-electron chi connectivity index (χ3n) is 4.41. The Labute approximate surface area is 182 Å². The first-order valence-corrected chi connectivity index (χ1v) is 10.4. The predicted octanol–water partition coefficient (Wildman–Crippen LogP) is 5.84. The normalized spacial score (nSPS) is 15.0. The SMILES string of the molecule is CC(C)(C)OC(=O)N[C@@H](c1ccc(Cl)c(C(=O)c2ccc(Br)cn2)c1F)C1CC1. The molecule has 1 fully saturated rings. The van der Waals surface area contributed by atoms with Crippen LogP contribution in [0.2, 0.25) is 5.02 Å². The van der Waals surface area contributed by atoms with Crippen LogP contribution < -0.4 is 5.32 Å². The fraction of sp³-hybridized carbons (Fsp3) is 0.381. The lowest BCUT2D eigenvalue weighted by Crippen LogP contribution is -2.36. The van der Waals surface area contributed by atoms with Crippen molar-refractivity contribution in [2.24, 2.45) is 5.92 Å². The summed E-state index contributed by atoms with van der Waals surface area (Å²) < 4.78 is 21.4. The molecule has 1 heterocycles. The van der Waals surface area contributed by atoms with Gasteiger partial charge in [0.25, 0.3) is 0 Å². The Morgan fingerprint density at radius 1 is 1.28 bits per heavy atom. The van der Waals surface area contributed by atoms with Gasteiger partial charge in [-0.15, -0.1) is 0 Å². The van der Waals surface area contributed by atoms with E-state index in [9.17, 15) is 9.59 Å². The topological polar surface area (TPSA) is 68.3 Å². The minimum Gasteiger partial charge on any atom is -0.444 e. The van der Waals surface area contributed by atoms with Gasteiger partial charge in [0.2, 0.25) is 5.78 Å². The number of ketones is 1. The van der Waals surface area contributed by atoms with Gasteiger partial charge in [-0.2, -0.15) is 0 Å². The van der Waals surface area contributed by atoms with Crippen molar-refractivity contribution in [1.29, 1.82) is 0 Å². The van der Waals surface area contributed by atoms with Gasteiger partial charge in [0.15, 0.2) is 0 Å². The lowest BCUT2D eigenvalue weighted by molar-refractivity contribution is 0.0496. The highest BCUT2D eigenvalue weighted by molar-refractivity contribution is 9.10. The number of amides is 1. The number of pyridine rings is 1. The maximum Gasteiger partial charge on any atom is 0.408 e. The highest BCUT2D eigenvalue weighted by Crippen LogP contribution is 2.43. The van der Waals surface area contributed by atoms with E-state index in [2.05, 4.69) is 26.2 Å². The number of halogens is 3. The third-order valence-corrected chi connectivity index (χ3v) is 5.19. The van der Waals surface area contributed by atoms with E-state index in [-0.39, 0.29) is 27.8 Å². The first-order valence-electron chi connectivity index (χ1n) is 9.20. The first-order chi connectivity index (χ1) is 13.6. The summed E-state index contributed by atoms with van der Waals surface area (Å²) in [4.78, 5) is 29.2. The van der Waals surface area contributed by atoms with Crippen molar-refractivity contribution in [3.8, 4) is 0 Å². The number of aromatic nitrogens is 1. The second kappa shape index (κ2) is 8.40. The zero-order valence-electron chi connectivity index (χ0n) is 16.3. The quantitative estimate of drug-likeness (QED) is 0.542. The van der Waals surface area contributed by atoms with E-state index in [1.165, 1.54) is 24.4 Å². The average molecular weight is 484 g/mol. The summed E-state index contributed by atoms with van der Waals surface area (Å²) in [6.07, 6.45) is 2.52. The van der Waals surface area contributed by atoms with E-state index < -0.39 is 29.3 Å². The molecule has 29 heavy (non-hydrogen) atoms. The molecule has 8 heteroatoms. The molecule has 1 aromatic heterocycles. The van der Waals surface area contributed by atoms with Crippen LogP contribution in [-0.2, 0) is 4.74 Å². The lowest BCUT2D eigenvalue weighted by atomic mass is 9.96. The van der Waals surface area contributed by atoms with Crippen molar-refractivity contribution in [1.82, 2.24) is 10.3 Å². The summed E-state index contributed by atoms with van der Waals surface area (Å²) >= 11 is 9.41. The molecule has 1 N–H and O–H groups in total. The fourth-order valence-corrected chi connectivity index (χ4v) is 3.44. The number of hydrogen-bond donors (Lipinski definition) is 1. The number of carbonyl (C=O) groups excluding carboxylic acids is 2. The molecule has 1 atom stereocenters. The summed E-state index contributed by atoms with van der Waals surface area (Å²) in [5.74, 6) is -1.29. The van der Waals surface area contributed by atoms with Crippen LogP contribution >= 0.6 is 27.5 Å². The molecule has 0 aliphatic heterocycles. The van der Waals surface area contributed by atoms with Crippen molar-refractivity contribution in [3.05, 3.63) is 62.6 Å². The Morgan fingerprint density at radius 3 is 2.52 bits per heavy atom. The summed E-state index contributed by atoms with van der Waals surface area (Å²) in [6.45, 7) is 5.26. The molecule has 0 bridgehead atoms. The summed E-state index contributed by atoms with van der Waals surface area (Å²) in [7, 11) is 0. The number of rotatable bonds is 5. The van der Waals surface area contributed by atoms with Crippen LogP contribution in [0.1, 0.15) is 61.3 Å². The molecular formula is C21H21BrClFN2O3. The van der Waals surface area contributed by atoms with Crippen LogP contribution in [0.3, 0.4) is 0 Å². The van der Waals surface area contributed by atoms with Crippen LogP contribution in [0, 0.1) is 11.7 Å². The van der Waals surface area contributed by atoms with E-state index in [1.54, 1.807) is 26.8 Å². The van der Waals surface area contributed by atoms with E-state index in [0.717, 1.165) is 12.8 Å². The molecule has 5 nitrogen and oxygen atoms in total. The second-order valence-corrected chi connectivity index (χ2v) is 9.30. The highest BCUT2D eigenvalue weighted by Gasteiger charge is 2.37. The Bertz CT molecular complexity index is 940. The number of hydrogen-bond acceptors (Lipinski definition) is 4. The average Bonchev–Trinajstić information content (AvgIpc) is 3.44. The van der Waals surface area contributed by atoms with E-state index >= 15 is 4.39 Å². The van der Waals surface area contributed by atoms with Gasteiger partial charge in [0, 0.05) is 16.2 Å². The molecule has 1 aliphatic rings. The standard InChI is InChI=1S/C21H21BrClFN2O3/c1-21(2,3)29-20(28)26-18(11-4-5-11)13-7-8-14(23)16(17(13)24)19(27)15-9-6-12(22)10-25-15/h6-11,18H,4-5H2,1-3H3,(H,26,28)/t18-/m1/s1. The number of benzene rings is 1. The number of carbonyl (C=O) groups is 2. The van der Waals surface area contributed by atoms with Crippen LogP contribution in [-0.4, -0.2) is 22.5 Å².